The fraction of sp³-hybridized carbons (Fsp3) is 0.182. The monoisotopic (exact) mass is 238 g/mol. The summed E-state index contributed by atoms with van der Waals surface area (Å²) in [6, 6.07) is 4.08. The van der Waals surface area contributed by atoms with Crippen LogP contribution in [0.2, 0.25) is 0 Å². The van der Waals surface area contributed by atoms with Gasteiger partial charge in [0.1, 0.15) is 23.2 Å². The number of thiazole rings is 1. The van der Waals surface area contributed by atoms with E-state index in [4.69, 9.17) is 10.5 Å². The van der Waals surface area contributed by atoms with Crippen molar-refractivity contribution >= 4 is 17.0 Å². The van der Waals surface area contributed by atoms with Crippen LogP contribution >= 0.6 is 11.3 Å². The molecule has 0 radical (unpaired) electrons. The van der Waals surface area contributed by atoms with Gasteiger partial charge in [-0.3, -0.25) is 0 Å². The van der Waals surface area contributed by atoms with Gasteiger partial charge in [0.05, 0.1) is 5.69 Å². The van der Waals surface area contributed by atoms with Gasteiger partial charge >= 0.3 is 0 Å². The number of ether oxygens (including phenoxy) is 1. The van der Waals surface area contributed by atoms with Crippen LogP contribution in [-0.4, -0.2) is 4.98 Å². The first-order valence-electron chi connectivity index (χ1n) is 4.74. The van der Waals surface area contributed by atoms with Gasteiger partial charge < -0.3 is 10.5 Å². The number of rotatable bonds is 3. The zero-order valence-electron chi connectivity index (χ0n) is 8.74. The highest BCUT2D eigenvalue weighted by molar-refractivity contribution is 7.09. The predicted octanol–water partition coefficient (Wildman–Crippen LogP) is 2.75. The maximum Gasteiger partial charge on any atom is 0.143 e. The van der Waals surface area contributed by atoms with Gasteiger partial charge in [0.25, 0.3) is 0 Å². The summed E-state index contributed by atoms with van der Waals surface area (Å²) in [6.07, 6.45) is 0. The minimum absolute atomic E-state index is 0.299. The van der Waals surface area contributed by atoms with Gasteiger partial charge in [0.15, 0.2) is 0 Å². The number of halogens is 1. The summed E-state index contributed by atoms with van der Waals surface area (Å²) in [5.74, 6) is 0.115. The fourth-order valence-corrected chi connectivity index (χ4v) is 1.94. The lowest BCUT2D eigenvalue weighted by Crippen LogP contribution is -1.98. The van der Waals surface area contributed by atoms with Gasteiger partial charge in [-0.1, -0.05) is 0 Å². The van der Waals surface area contributed by atoms with Crippen LogP contribution in [0.25, 0.3) is 0 Å². The van der Waals surface area contributed by atoms with E-state index >= 15 is 0 Å². The number of nitrogens with two attached hydrogens (primary N) is 1. The van der Waals surface area contributed by atoms with Crippen molar-refractivity contribution < 1.29 is 9.13 Å². The Morgan fingerprint density at radius 3 is 2.94 bits per heavy atom. The molecule has 0 amide bonds. The molecule has 1 heterocycles. The van der Waals surface area contributed by atoms with Gasteiger partial charge in [-0.15, -0.1) is 11.3 Å². The van der Waals surface area contributed by atoms with Crippen LogP contribution in [0.1, 0.15) is 10.7 Å². The lowest BCUT2D eigenvalue weighted by Gasteiger charge is -2.06. The molecule has 16 heavy (non-hydrogen) atoms. The van der Waals surface area contributed by atoms with Crippen LogP contribution < -0.4 is 10.5 Å². The number of nitrogens with zero attached hydrogens (tertiary/aromatic N) is 1. The summed E-state index contributed by atoms with van der Waals surface area (Å²) < 4.78 is 18.2. The van der Waals surface area contributed by atoms with Crippen molar-refractivity contribution in [2.24, 2.45) is 0 Å². The lowest BCUT2D eigenvalue weighted by molar-refractivity contribution is 0.306. The molecular weight excluding hydrogens is 227 g/mol. The quantitative estimate of drug-likeness (QED) is 0.836. The SMILES string of the molecule is Cc1csc(COc2ccc(F)cc2N)n1. The molecule has 0 spiro atoms. The van der Waals surface area contributed by atoms with E-state index in [1.807, 2.05) is 12.3 Å². The van der Waals surface area contributed by atoms with Gasteiger partial charge in [-0.05, 0) is 19.1 Å². The zero-order valence-corrected chi connectivity index (χ0v) is 9.55. The largest absolute Gasteiger partial charge is 0.484 e. The average molecular weight is 238 g/mol. The molecule has 1 aromatic heterocycles. The summed E-state index contributed by atoms with van der Waals surface area (Å²) >= 11 is 1.53. The Hall–Kier alpha value is -1.62. The van der Waals surface area contributed by atoms with E-state index in [1.165, 1.54) is 29.5 Å². The molecule has 0 bridgehead atoms. The molecule has 2 aromatic rings. The molecule has 2 N–H and O–H groups in total. The number of nitrogen functional groups attached to an aromatic ring is 1. The molecule has 0 saturated heterocycles. The highest BCUT2D eigenvalue weighted by atomic mass is 32.1. The van der Waals surface area contributed by atoms with Crippen LogP contribution in [0.5, 0.6) is 5.75 Å². The van der Waals surface area contributed by atoms with Crippen molar-refractivity contribution in [3.05, 3.63) is 40.1 Å². The molecule has 5 heteroatoms. The summed E-state index contributed by atoms with van der Waals surface area (Å²) in [7, 11) is 0. The zero-order chi connectivity index (χ0) is 11.5. The molecule has 0 aliphatic rings. The Bertz CT molecular complexity index is 498. The molecule has 2 rings (SSSR count). The van der Waals surface area contributed by atoms with Crippen molar-refractivity contribution in [2.45, 2.75) is 13.5 Å². The number of anilines is 1. The van der Waals surface area contributed by atoms with E-state index in [0.717, 1.165) is 10.7 Å². The molecule has 3 nitrogen and oxygen atoms in total. The van der Waals surface area contributed by atoms with Crippen LogP contribution in [0, 0.1) is 12.7 Å². The molecule has 0 unspecified atom stereocenters. The van der Waals surface area contributed by atoms with Crippen molar-refractivity contribution in [2.75, 3.05) is 5.73 Å². The first-order chi connectivity index (χ1) is 7.65. The minimum Gasteiger partial charge on any atom is -0.484 e. The standard InChI is InChI=1S/C11H11FN2OS/c1-7-6-16-11(14-7)5-15-10-3-2-8(12)4-9(10)13/h2-4,6H,5,13H2,1H3. The highest BCUT2D eigenvalue weighted by Gasteiger charge is 2.04. The summed E-state index contributed by atoms with van der Waals surface area (Å²) in [5, 5.41) is 2.83. The highest BCUT2D eigenvalue weighted by Crippen LogP contribution is 2.23. The van der Waals surface area contributed by atoms with Gasteiger partial charge in [-0.2, -0.15) is 0 Å². The third-order valence-electron chi connectivity index (χ3n) is 1.99. The third-order valence-corrected chi connectivity index (χ3v) is 2.93. The Morgan fingerprint density at radius 1 is 1.50 bits per heavy atom. The molecule has 0 fully saturated rings. The number of aryl methyl sites for hydroxylation is 1. The summed E-state index contributed by atoms with van der Waals surface area (Å²) in [5.41, 5.74) is 6.88. The predicted molar refractivity (Wildman–Crippen MR) is 62.0 cm³/mol. The number of hydrogen-bond acceptors (Lipinski definition) is 4. The van der Waals surface area contributed by atoms with E-state index < -0.39 is 0 Å². The van der Waals surface area contributed by atoms with E-state index in [1.54, 1.807) is 0 Å². The second-order valence-electron chi connectivity index (χ2n) is 3.35. The first kappa shape index (κ1) is 10.9. The number of aromatic nitrogens is 1. The maximum absolute atomic E-state index is 12.8. The van der Waals surface area contributed by atoms with Crippen molar-refractivity contribution in [3.63, 3.8) is 0 Å². The van der Waals surface area contributed by atoms with Crippen LogP contribution in [0.15, 0.2) is 23.6 Å². The third kappa shape index (κ3) is 2.49. The first-order valence-corrected chi connectivity index (χ1v) is 5.62. The molecule has 0 aliphatic carbocycles. The molecule has 1 aromatic carbocycles. The van der Waals surface area contributed by atoms with Gasteiger partial charge in [0.2, 0.25) is 0 Å². The van der Waals surface area contributed by atoms with E-state index in [-0.39, 0.29) is 5.82 Å². The average Bonchev–Trinajstić information content (AvgIpc) is 2.63. The molecule has 0 saturated carbocycles. The topological polar surface area (TPSA) is 48.1 Å². The van der Waals surface area contributed by atoms with Crippen LogP contribution in [0.3, 0.4) is 0 Å². The van der Waals surface area contributed by atoms with E-state index in [9.17, 15) is 4.39 Å². The van der Waals surface area contributed by atoms with E-state index in [2.05, 4.69) is 4.98 Å². The molecule has 84 valence electrons. The van der Waals surface area contributed by atoms with Crippen molar-refractivity contribution in [3.8, 4) is 5.75 Å². The Morgan fingerprint density at radius 2 is 2.31 bits per heavy atom. The normalized spacial score (nSPS) is 10.4. The second kappa shape index (κ2) is 4.49. The maximum atomic E-state index is 12.8. The van der Waals surface area contributed by atoms with Gasteiger partial charge in [-0.25, -0.2) is 9.37 Å². The smallest absolute Gasteiger partial charge is 0.143 e. The fourth-order valence-electron chi connectivity index (χ4n) is 1.26. The van der Waals surface area contributed by atoms with Crippen molar-refractivity contribution in [1.82, 2.24) is 4.98 Å². The Labute approximate surface area is 96.7 Å². The number of hydrogen-bond donors (Lipinski definition) is 1. The second-order valence-corrected chi connectivity index (χ2v) is 4.30. The minimum atomic E-state index is -0.366. The Balaban J connectivity index is 2.04. The van der Waals surface area contributed by atoms with Crippen LogP contribution in [-0.2, 0) is 6.61 Å². The molecule has 0 aliphatic heterocycles. The lowest BCUT2D eigenvalue weighted by atomic mass is 10.3. The molecular formula is C11H11FN2OS. The van der Waals surface area contributed by atoms with Crippen molar-refractivity contribution in [1.29, 1.82) is 0 Å². The Kier molecular flexibility index (Phi) is 3.05. The van der Waals surface area contributed by atoms with E-state index in [0.29, 0.717) is 18.0 Å². The van der Waals surface area contributed by atoms with Crippen LogP contribution in [0.4, 0.5) is 10.1 Å². The number of benzene rings is 1. The van der Waals surface area contributed by atoms with Gasteiger partial charge in [0, 0.05) is 17.1 Å². The molecule has 0 atom stereocenters. The summed E-state index contributed by atoms with van der Waals surface area (Å²) in [4.78, 5) is 4.25. The summed E-state index contributed by atoms with van der Waals surface area (Å²) in [6.45, 7) is 2.28.